The van der Waals surface area contributed by atoms with Gasteiger partial charge in [0.2, 0.25) is 10.0 Å². The standard InChI is InChI=1S/C28H38N4O5S2.ClH/c1-6-30(7-2)15-16-32(28-29-23-17-24(36-4)25(37-5)18-26(23)38-28)27(33)21-10-12-22(13-11-21)39(34,35)31-14-8-9-20(3)19-31;/h10-13,17-18,20H,6-9,14-16,19H2,1-5H3;1H. The summed E-state index contributed by atoms with van der Waals surface area (Å²) in [6.07, 6.45) is 1.90. The summed E-state index contributed by atoms with van der Waals surface area (Å²) in [5, 5.41) is 0.566. The Hall–Kier alpha value is -2.44. The topological polar surface area (TPSA) is 92.3 Å². The molecule has 0 bridgehead atoms. The number of hydrogen-bond donors (Lipinski definition) is 0. The van der Waals surface area contributed by atoms with E-state index in [1.54, 1.807) is 47.7 Å². The van der Waals surface area contributed by atoms with E-state index in [-0.39, 0.29) is 23.2 Å². The first-order valence-electron chi connectivity index (χ1n) is 13.4. The van der Waals surface area contributed by atoms with E-state index in [1.165, 1.54) is 11.3 Å². The van der Waals surface area contributed by atoms with E-state index < -0.39 is 10.0 Å². The van der Waals surface area contributed by atoms with Gasteiger partial charge in [-0.05, 0) is 56.1 Å². The Morgan fingerprint density at radius 3 is 2.33 bits per heavy atom. The summed E-state index contributed by atoms with van der Waals surface area (Å²) in [5.41, 5.74) is 1.13. The number of rotatable bonds is 11. The van der Waals surface area contributed by atoms with E-state index in [9.17, 15) is 13.2 Å². The van der Waals surface area contributed by atoms with E-state index in [4.69, 9.17) is 14.5 Å². The molecular weight excluding hydrogens is 572 g/mol. The second kappa shape index (κ2) is 14.0. The number of amides is 1. The summed E-state index contributed by atoms with van der Waals surface area (Å²) >= 11 is 1.41. The number of carbonyl (C=O) groups is 1. The van der Waals surface area contributed by atoms with Gasteiger partial charge < -0.3 is 14.4 Å². The van der Waals surface area contributed by atoms with Crippen molar-refractivity contribution in [3.05, 3.63) is 42.0 Å². The van der Waals surface area contributed by atoms with Gasteiger partial charge in [0.25, 0.3) is 5.91 Å². The smallest absolute Gasteiger partial charge is 0.260 e. The first-order valence-corrected chi connectivity index (χ1v) is 15.6. The Morgan fingerprint density at radius 1 is 1.07 bits per heavy atom. The van der Waals surface area contributed by atoms with Crippen LogP contribution >= 0.6 is 23.7 Å². The fraction of sp³-hybridized carbons (Fsp3) is 0.500. The van der Waals surface area contributed by atoms with E-state index in [1.807, 2.05) is 12.1 Å². The van der Waals surface area contributed by atoms with Crippen LogP contribution in [0.25, 0.3) is 10.2 Å². The van der Waals surface area contributed by atoms with Crippen molar-refractivity contribution in [2.75, 3.05) is 58.4 Å². The molecule has 1 fully saturated rings. The van der Waals surface area contributed by atoms with Crippen molar-refractivity contribution < 1.29 is 22.7 Å². The third-order valence-corrected chi connectivity index (χ3v) is 10.2. The molecule has 3 aromatic rings. The molecule has 0 saturated carbocycles. The number of benzene rings is 2. The van der Waals surface area contributed by atoms with Crippen LogP contribution in [0, 0.1) is 5.92 Å². The van der Waals surface area contributed by atoms with Gasteiger partial charge in [-0.1, -0.05) is 32.1 Å². The molecule has 1 aromatic heterocycles. The molecule has 220 valence electrons. The van der Waals surface area contributed by atoms with Crippen LogP contribution in [0.3, 0.4) is 0 Å². The summed E-state index contributed by atoms with van der Waals surface area (Å²) in [5.74, 6) is 1.28. The van der Waals surface area contributed by atoms with Crippen molar-refractivity contribution in [3.8, 4) is 11.5 Å². The molecule has 2 heterocycles. The summed E-state index contributed by atoms with van der Waals surface area (Å²) in [6, 6.07) is 9.96. The SMILES string of the molecule is CCN(CC)CCN(C(=O)c1ccc(S(=O)(=O)N2CCCC(C)C2)cc1)c1nc2cc(OC)c(OC)cc2s1.Cl. The zero-order chi connectivity index (χ0) is 28.2. The molecule has 1 unspecified atom stereocenters. The highest BCUT2D eigenvalue weighted by molar-refractivity contribution is 7.89. The van der Waals surface area contributed by atoms with Gasteiger partial charge in [0.15, 0.2) is 16.6 Å². The number of piperidine rings is 1. The second-order valence-corrected chi connectivity index (χ2v) is 12.7. The van der Waals surface area contributed by atoms with Gasteiger partial charge in [0.05, 0.1) is 29.3 Å². The Balaban J connectivity index is 0.00000441. The zero-order valence-electron chi connectivity index (χ0n) is 23.8. The van der Waals surface area contributed by atoms with Crippen molar-refractivity contribution in [1.82, 2.24) is 14.2 Å². The van der Waals surface area contributed by atoms with E-state index >= 15 is 0 Å². The monoisotopic (exact) mass is 610 g/mol. The summed E-state index contributed by atoms with van der Waals surface area (Å²) in [4.78, 5) is 22.7. The zero-order valence-corrected chi connectivity index (χ0v) is 26.2. The lowest BCUT2D eigenvalue weighted by Gasteiger charge is -2.30. The summed E-state index contributed by atoms with van der Waals surface area (Å²) < 4.78 is 39.7. The molecule has 1 atom stereocenters. The number of aromatic nitrogens is 1. The van der Waals surface area contributed by atoms with Crippen LogP contribution in [0.1, 0.15) is 44.0 Å². The maximum atomic E-state index is 13.8. The largest absolute Gasteiger partial charge is 0.493 e. The first-order chi connectivity index (χ1) is 18.7. The number of hydrogen-bond acceptors (Lipinski definition) is 8. The minimum atomic E-state index is -3.60. The Labute approximate surface area is 247 Å². The molecule has 1 aliphatic heterocycles. The van der Waals surface area contributed by atoms with Gasteiger partial charge in [0.1, 0.15) is 0 Å². The van der Waals surface area contributed by atoms with Crippen LogP contribution in [0.5, 0.6) is 11.5 Å². The van der Waals surface area contributed by atoms with Crippen LogP contribution in [-0.4, -0.2) is 82.0 Å². The lowest BCUT2D eigenvalue weighted by Crippen LogP contribution is -2.39. The minimum absolute atomic E-state index is 0. The number of methoxy groups -OCH3 is 2. The van der Waals surface area contributed by atoms with Gasteiger partial charge in [-0.3, -0.25) is 9.69 Å². The Bertz CT molecular complexity index is 1350. The molecule has 0 radical (unpaired) electrons. The quantitative estimate of drug-likeness (QED) is 0.297. The van der Waals surface area contributed by atoms with Crippen LogP contribution in [0.4, 0.5) is 5.13 Å². The molecule has 0 N–H and O–H groups in total. The third-order valence-electron chi connectivity index (χ3n) is 7.25. The van der Waals surface area contributed by atoms with Gasteiger partial charge in [-0.15, -0.1) is 12.4 Å². The molecule has 1 aliphatic rings. The van der Waals surface area contributed by atoms with Gasteiger partial charge in [0, 0.05) is 43.9 Å². The number of carbonyl (C=O) groups excluding carboxylic acids is 1. The van der Waals surface area contributed by atoms with E-state index in [0.717, 1.165) is 30.6 Å². The average molecular weight is 611 g/mol. The highest BCUT2D eigenvalue weighted by atomic mass is 35.5. The van der Waals surface area contributed by atoms with Gasteiger partial charge in [-0.2, -0.15) is 4.31 Å². The van der Waals surface area contributed by atoms with E-state index in [0.29, 0.717) is 59.8 Å². The fourth-order valence-electron chi connectivity index (χ4n) is 4.86. The molecular formula is C28H39ClN4O5S2. The maximum absolute atomic E-state index is 13.8. The number of fused-ring (bicyclic) bond motifs is 1. The molecule has 9 nitrogen and oxygen atoms in total. The molecule has 40 heavy (non-hydrogen) atoms. The van der Waals surface area contributed by atoms with Crippen LogP contribution in [0.2, 0.25) is 0 Å². The molecule has 4 rings (SSSR count). The molecule has 12 heteroatoms. The van der Waals surface area contributed by atoms with Crippen LogP contribution < -0.4 is 14.4 Å². The van der Waals surface area contributed by atoms with E-state index in [2.05, 4.69) is 25.7 Å². The van der Waals surface area contributed by atoms with Crippen molar-refractivity contribution in [2.24, 2.45) is 5.92 Å². The predicted molar refractivity (Wildman–Crippen MR) is 163 cm³/mol. The number of sulfonamides is 1. The third kappa shape index (κ3) is 6.88. The number of thiazole rings is 1. The molecule has 2 aromatic carbocycles. The molecule has 0 aliphatic carbocycles. The predicted octanol–water partition coefficient (Wildman–Crippen LogP) is 5.14. The number of ether oxygens (including phenoxy) is 2. The van der Waals surface area contributed by atoms with Crippen LogP contribution in [0.15, 0.2) is 41.3 Å². The highest BCUT2D eigenvalue weighted by Gasteiger charge is 2.29. The lowest BCUT2D eigenvalue weighted by molar-refractivity contribution is 0.0983. The number of halogens is 1. The lowest BCUT2D eigenvalue weighted by atomic mass is 10.0. The average Bonchev–Trinajstić information content (AvgIpc) is 3.36. The molecule has 0 spiro atoms. The maximum Gasteiger partial charge on any atom is 0.260 e. The van der Waals surface area contributed by atoms with Crippen LogP contribution in [-0.2, 0) is 10.0 Å². The molecule has 1 amide bonds. The fourth-order valence-corrected chi connectivity index (χ4v) is 7.46. The van der Waals surface area contributed by atoms with Gasteiger partial charge >= 0.3 is 0 Å². The summed E-state index contributed by atoms with van der Waals surface area (Å²) in [6.45, 7) is 10.2. The van der Waals surface area contributed by atoms with Crippen molar-refractivity contribution in [3.63, 3.8) is 0 Å². The van der Waals surface area contributed by atoms with Crippen molar-refractivity contribution >= 4 is 55.0 Å². The first kappa shape index (κ1) is 32.1. The normalized spacial score (nSPS) is 16.1. The van der Waals surface area contributed by atoms with Crippen molar-refractivity contribution in [2.45, 2.75) is 38.5 Å². The van der Waals surface area contributed by atoms with Gasteiger partial charge in [-0.25, -0.2) is 13.4 Å². The van der Waals surface area contributed by atoms with Crippen molar-refractivity contribution in [1.29, 1.82) is 0 Å². The Morgan fingerprint density at radius 2 is 1.73 bits per heavy atom. The number of nitrogens with zero attached hydrogens (tertiary/aromatic N) is 4. The Kier molecular flexibility index (Phi) is 11.2. The summed E-state index contributed by atoms with van der Waals surface area (Å²) in [7, 11) is -0.440. The minimum Gasteiger partial charge on any atom is -0.493 e. The second-order valence-electron chi connectivity index (χ2n) is 9.79. The highest BCUT2D eigenvalue weighted by Crippen LogP contribution is 2.37. The molecule has 1 saturated heterocycles. The number of anilines is 1. The number of likely N-dealkylation sites (N-methyl/N-ethyl adjacent to an activating group) is 1.